The van der Waals surface area contributed by atoms with Crippen molar-refractivity contribution in [2.75, 3.05) is 31.1 Å². The molecule has 1 amide bonds. The third-order valence-electron chi connectivity index (χ3n) is 6.00. The van der Waals surface area contributed by atoms with Gasteiger partial charge in [-0.05, 0) is 41.3 Å². The summed E-state index contributed by atoms with van der Waals surface area (Å²) in [6.07, 6.45) is 0.463. The number of benzene rings is 3. The van der Waals surface area contributed by atoms with Gasteiger partial charge in [0, 0.05) is 26.2 Å². The zero-order valence-electron chi connectivity index (χ0n) is 17.4. The molecule has 1 aliphatic rings. The number of hydrogen-bond donors (Lipinski definition) is 0. The highest BCUT2D eigenvalue weighted by atomic mass is 32.1. The van der Waals surface area contributed by atoms with Gasteiger partial charge >= 0.3 is 0 Å². The second kappa shape index (κ2) is 7.73. The summed E-state index contributed by atoms with van der Waals surface area (Å²) in [5.74, 6) is 0.209. The smallest absolute Gasteiger partial charge is 0.227 e. The van der Waals surface area contributed by atoms with E-state index >= 15 is 0 Å². The van der Waals surface area contributed by atoms with Gasteiger partial charge in [-0.3, -0.25) is 4.79 Å². The molecule has 0 N–H and O–H groups in total. The van der Waals surface area contributed by atoms with Gasteiger partial charge in [0.05, 0.1) is 16.6 Å². The van der Waals surface area contributed by atoms with Crippen LogP contribution in [0.25, 0.3) is 21.0 Å². The Morgan fingerprint density at radius 1 is 0.933 bits per heavy atom. The van der Waals surface area contributed by atoms with Crippen molar-refractivity contribution in [3.63, 3.8) is 0 Å². The van der Waals surface area contributed by atoms with Gasteiger partial charge in [0.15, 0.2) is 5.13 Å². The largest absolute Gasteiger partial charge is 0.345 e. The van der Waals surface area contributed by atoms with E-state index < -0.39 is 0 Å². The third-order valence-corrected chi connectivity index (χ3v) is 7.25. The van der Waals surface area contributed by atoms with E-state index in [1.807, 2.05) is 17.0 Å². The highest BCUT2D eigenvalue weighted by Gasteiger charge is 2.23. The topological polar surface area (TPSA) is 36.4 Å². The van der Waals surface area contributed by atoms with Crippen LogP contribution in [-0.4, -0.2) is 42.0 Å². The van der Waals surface area contributed by atoms with Crippen LogP contribution in [0.5, 0.6) is 0 Å². The molecule has 0 aliphatic carbocycles. The molecule has 0 saturated carbocycles. The van der Waals surface area contributed by atoms with Crippen molar-refractivity contribution < 1.29 is 4.79 Å². The van der Waals surface area contributed by atoms with E-state index in [2.05, 4.69) is 61.2 Å². The van der Waals surface area contributed by atoms with E-state index in [0.29, 0.717) is 6.42 Å². The summed E-state index contributed by atoms with van der Waals surface area (Å²) < 4.78 is 1.28. The fourth-order valence-electron chi connectivity index (χ4n) is 4.17. The number of amides is 1. The lowest BCUT2D eigenvalue weighted by atomic mass is 10.0. The van der Waals surface area contributed by atoms with Crippen LogP contribution in [0.2, 0.25) is 0 Å². The fourth-order valence-corrected chi connectivity index (χ4v) is 5.33. The Hall–Kier alpha value is -2.92. The monoisotopic (exact) mass is 415 g/mol. The third kappa shape index (κ3) is 3.54. The van der Waals surface area contributed by atoms with Gasteiger partial charge in [-0.2, -0.15) is 0 Å². The average Bonchev–Trinajstić information content (AvgIpc) is 3.23. The van der Waals surface area contributed by atoms with E-state index in [1.165, 1.54) is 26.6 Å². The van der Waals surface area contributed by atoms with E-state index in [9.17, 15) is 4.79 Å². The Balaban J connectivity index is 1.25. The lowest BCUT2D eigenvalue weighted by Crippen LogP contribution is -2.49. The number of anilines is 1. The lowest BCUT2D eigenvalue weighted by molar-refractivity contribution is -0.130. The Morgan fingerprint density at radius 2 is 1.67 bits per heavy atom. The number of aryl methyl sites for hydroxylation is 2. The normalized spacial score (nSPS) is 14.6. The number of fused-ring (bicyclic) bond motifs is 2. The minimum absolute atomic E-state index is 0.209. The van der Waals surface area contributed by atoms with E-state index in [0.717, 1.165) is 42.4 Å². The maximum Gasteiger partial charge on any atom is 0.227 e. The molecule has 5 heteroatoms. The molecule has 1 fully saturated rings. The van der Waals surface area contributed by atoms with Crippen molar-refractivity contribution in [2.24, 2.45) is 0 Å². The first-order valence-electron chi connectivity index (χ1n) is 10.5. The van der Waals surface area contributed by atoms with Crippen LogP contribution in [0.3, 0.4) is 0 Å². The van der Waals surface area contributed by atoms with Crippen molar-refractivity contribution in [1.29, 1.82) is 0 Å². The number of carbonyl (C=O) groups is 1. The summed E-state index contributed by atoms with van der Waals surface area (Å²) in [6.45, 7) is 7.44. The minimum Gasteiger partial charge on any atom is -0.345 e. The van der Waals surface area contributed by atoms with Crippen LogP contribution < -0.4 is 4.90 Å². The molecule has 0 radical (unpaired) electrons. The number of aromatic nitrogens is 1. The van der Waals surface area contributed by atoms with Gasteiger partial charge in [0.2, 0.25) is 5.91 Å². The molecular weight excluding hydrogens is 390 g/mol. The van der Waals surface area contributed by atoms with Crippen LogP contribution in [0.1, 0.15) is 16.7 Å². The molecule has 4 nitrogen and oxygen atoms in total. The molecule has 152 valence electrons. The van der Waals surface area contributed by atoms with Crippen molar-refractivity contribution in [3.8, 4) is 0 Å². The van der Waals surface area contributed by atoms with E-state index in [4.69, 9.17) is 4.98 Å². The van der Waals surface area contributed by atoms with Crippen LogP contribution >= 0.6 is 11.3 Å². The quantitative estimate of drug-likeness (QED) is 0.475. The summed E-state index contributed by atoms with van der Waals surface area (Å²) in [5.41, 5.74) is 4.70. The first-order chi connectivity index (χ1) is 14.6. The van der Waals surface area contributed by atoms with Crippen LogP contribution in [0.15, 0.2) is 54.6 Å². The molecule has 0 bridgehead atoms. The van der Waals surface area contributed by atoms with Crippen LogP contribution in [0.4, 0.5) is 5.13 Å². The number of carbonyl (C=O) groups excluding carboxylic acids is 1. The molecule has 0 atom stereocenters. The molecule has 1 aromatic heterocycles. The first-order valence-corrected chi connectivity index (χ1v) is 11.3. The standard InChI is InChI=1S/C25H25N3OS/c1-17-7-8-18(2)24-23(17)26-25(30-24)28-13-11-27(12-14-28)22(29)16-19-9-10-20-5-3-4-6-21(20)15-19/h3-10,15H,11-14,16H2,1-2H3. The maximum atomic E-state index is 12.9. The lowest BCUT2D eigenvalue weighted by Gasteiger charge is -2.34. The SMILES string of the molecule is Cc1ccc(C)c2sc(N3CCN(C(=O)Cc4ccc5ccccc5c4)CC3)nc12. The predicted octanol–water partition coefficient (Wildman–Crippen LogP) is 4.96. The summed E-state index contributed by atoms with van der Waals surface area (Å²) >= 11 is 1.77. The molecule has 4 aromatic rings. The second-order valence-corrected chi connectivity index (χ2v) is 9.08. The summed E-state index contributed by atoms with van der Waals surface area (Å²) in [5, 5.41) is 3.47. The van der Waals surface area contributed by atoms with Crippen molar-refractivity contribution in [2.45, 2.75) is 20.3 Å². The summed E-state index contributed by atoms with van der Waals surface area (Å²) in [4.78, 5) is 22.1. The van der Waals surface area contributed by atoms with Gasteiger partial charge in [-0.1, -0.05) is 65.9 Å². The molecule has 3 aromatic carbocycles. The number of nitrogens with zero attached hydrogens (tertiary/aromatic N) is 3. The molecule has 0 spiro atoms. The van der Waals surface area contributed by atoms with Gasteiger partial charge in [-0.25, -0.2) is 4.98 Å². The summed E-state index contributed by atoms with van der Waals surface area (Å²) in [7, 11) is 0. The fraction of sp³-hybridized carbons (Fsp3) is 0.280. The van der Waals surface area contributed by atoms with E-state index in [-0.39, 0.29) is 5.91 Å². The molecular formula is C25H25N3OS. The van der Waals surface area contributed by atoms with Gasteiger partial charge < -0.3 is 9.80 Å². The van der Waals surface area contributed by atoms with Crippen LogP contribution in [0, 0.1) is 13.8 Å². The summed E-state index contributed by atoms with van der Waals surface area (Å²) in [6, 6.07) is 18.9. The van der Waals surface area contributed by atoms with Crippen molar-refractivity contribution >= 4 is 43.4 Å². The zero-order chi connectivity index (χ0) is 20.7. The average molecular weight is 416 g/mol. The molecule has 2 heterocycles. The second-order valence-electron chi connectivity index (χ2n) is 8.10. The zero-order valence-corrected chi connectivity index (χ0v) is 18.2. The maximum absolute atomic E-state index is 12.9. The first kappa shape index (κ1) is 19.1. The molecule has 30 heavy (non-hydrogen) atoms. The Morgan fingerprint density at radius 3 is 2.43 bits per heavy atom. The van der Waals surface area contributed by atoms with Crippen molar-refractivity contribution in [1.82, 2.24) is 9.88 Å². The number of hydrogen-bond acceptors (Lipinski definition) is 4. The van der Waals surface area contributed by atoms with Crippen LogP contribution in [-0.2, 0) is 11.2 Å². The Labute approximate surface area is 180 Å². The number of thiazole rings is 1. The minimum atomic E-state index is 0.209. The van der Waals surface area contributed by atoms with Gasteiger partial charge in [-0.15, -0.1) is 0 Å². The number of rotatable bonds is 3. The molecule has 5 rings (SSSR count). The van der Waals surface area contributed by atoms with Crippen molar-refractivity contribution in [3.05, 3.63) is 71.3 Å². The highest BCUT2D eigenvalue weighted by Crippen LogP contribution is 2.33. The predicted molar refractivity (Wildman–Crippen MR) is 126 cm³/mol. The molecule has 1 aliphatic heterocycles. The Bertz CT molecular complexity index is 1200. The highest BCUT2D eigenvalue weighted by molar-refractivity contribution is 7.22. The number of piperazine rings is 1. The van der Waals surface area contributed by atoms with Gasteiger partial charge in [0.1, 0.15) is 0 Å². The van der Waals surface area contributed by atoms with Gasteiger partial charge in [0.25, 0.3) is 0 Å². The Kier molecular flexibility index (Phi) is 4.91. The molecule has 1 saturated heterocycles. The van der Waals surface area contributed by atoms with E-state index in [1.54, 1.807) is 11.3 Å². The molecule has 0 unspecified atom stereocenters.